The highest BCUT2D eigenvalue weighted by atomic mass is 16.5. The van der Waals surface area contributed by atoms with Gasteiger partial charge in [-0.2, -0.15) is 0 Å². The molecule has 0 unspecified atom stereocenters. The Kier molecular flexibility index (Phi) is 5.73. The molecule has 0 saturated carbocycles. The summed E-state index contributed by atoms with van der Waals surface area (Å²) in [5.74, 6) is 1.27. The van der Waals surface area contributed by atoms with E-state index >= 15 is 0 Å². The normalized spacial score (nSPS) is 11.0. The lowest BCUT2D eigenvalue weighted by atomic mass is 10.1. The van der Waals surface area contributed by atoms with Gasteiger partial charge in [0.15, 0.2) is 0 Å². The highest BCUT2D eigenvalue weighted by molar-refractivity contribution is 5.92. The summed E-state index contributed by atoms with van der Waals surface area (Å²) in [5.41, 5.74) is 1.19. The molecule has 128 valence electrons. The van der Waals surface area contributed by atoms with E-state index in [9.17, 15) is 4.79 Å². The zero-order valence-electron chi connectivity index (χ0n) is 14.6. The summed E-state index contributed by atoms with van der Waals surface area (Å²) in [6.45, 7) is 6.49. The summed E-state index contributed by atoms with van der Waals surface area (Å²) < 4.78 is 5.21. The van der Waals surface area contributed by atoms with Gasteiger partial charge < -0.3 is 15.4 Å². The topological polar surface area (TPSA) is 76.1 Å². The number of carbonyl (C=O) groups is 1. The predicted octanol–water partition coefficient (Wildman–Crippen LogP) is 2.67. The number of methoxy groups -OCH3 is 1. The second kappa shape index (κ2) is 7.77. The van der Waals surface area contributed by atoms with Gasteiger partial charge in [-0.1, -0.05) is 12.1 Å². The molecule has 2 N–H and O–H groups in total. The van der Waals surface area contributed by atoms with Crippen molar-refractivity contribution in [1.82, 2.24) is 15.3 Å². The van der Waals surface area contributed by atoms with E-state index in [2.05, 4.69) is 26.7 Å². The van der Waals surface area contributed by atoms with Gasteiger partial charge in [-0.3, -0.25) is 4.79 Å². The number of amides is 1. The van der Waals surface area contributed by atoms with E-state index in [0.717, 1.165) is 18.7 Å². The van der Waals surface area contributed by atoms with Crippen molar-refractivity contribution in [2.24, 2.45) is 0 Å². The highest BCUT2D eigenvalue weighted by Crippen LogP contribution is 2.13. The number of carbonyl (C=O) groups excluding carboxylic acids is 1. The number of nitrogens with one attached hydrogen (secondary N) is 2. The Balaban J connectivity index is 1.86. The molecule has 0 aliphatic heterocycles. The van der Waals surface area contributed by atoms with Crippen LogP contribution >= 0.6 is 0 Å². The van der Waals surface area contributed by atoms with Crippen molar-refractivity contribution in [2.75, 3.05) is 19.0 Å². The molecule has 2 rings (SSSR count). The summed E-state index contributed by atoms with van der Waals surface area (Å²) in [7, 11) is 1.66. The molecule has 2 aromatic rings. The van der Waals surface area contributed by atoms with Crippen LogP contribution in [0.3, 0.4) is 0 Å². The first-order valence-electron chi connectivity index (χ1n) is 7.89. The fraction of sp³-hybridized carbons (Fsp3) is 0.389. The molecule has 0 radical (unpaired) electrons. The summed E-state index contributed by atoms with van der Waals surface area (Å²) in [6.07, 6.45) is 3.89. The van der Waals surface area contributed by atoms with Crippen molar-refractivity contribution < 1.29 is 9.53 Å². The summed E-state index contributed by atoms with van der Waals surface area (Å²) in [6, 6.07) is 7.95. The molecule has 0 spiro atoms. The Morgan fingerprint density at radius 1 is 1.21 bits per heavy atom. The van der Waals surface area contributed by atoms with E-state index in [-0.39, 0.29) is 11.4 Å². The maximum absolute atomic E-state index is 12.0. The zero-order valence-corrected chi connectivity index (χ0v) is 14.6. The minimum absolute atomic E-state index is 0.224. The monoisotopic (exact) mass is 328 g/mol. The predicted molar refractivity (Wildman–Crippen MR) is 94.4 cm³/mol. The van der Waals surface area contributed by atoms with E-state index < -0.39 is 0 Å². The van der Waals surface area contributed by atoms with E-state index in [1.165, 1.54) is 11.8 Å². The van der Waals surface area contributed by atoms with Gasteiger partial charge in [-0.05, 0) is 44.9 Å². The lowest BCUT2D eigenvalue weighted by Gasteiger charge is -2.19. The van der Waals surface area contributed by atoms with Crippen molar-refractivity contribution in [3.05, 3.63) is 47.9 Å². The second-order valence-electron chi connectivity index (χ2n) is 6.52. The Bertz CT molecular complexity index is 678. The van der Waals surface area contributed by atoms with Crippen LogP contribution in [0.15, 0.2) is 36.7 Å². The van der Waals surface area contributed by atoms with Gasteiger partial charge in [-0.15, -0.1) is 0 Å². The van der Waals surface area contributed by atoms with Crippen molar-refractivity contribution in [3.63, 3.8) is 0 Å². The molecule has 6 nitrogen and oxygen atoms in total. The van der Waals surface area contributed by atoms with Gasteiger partial charge in [-0.25, -0.2) is 9.97 Å². The zero-order chi connectivity index (χ0) is 17.6. The van der Waals surface area contributed by atoms with Crippen LogP contribution in [0.2, 0.25) is 0 Å². The lowest BCUT2D eigenvalue weighted by molar-refractivity contribution is 0.0914. The van der Waals surface area contributed by atoms with Gasteiger partial charge in [0.05, 0.1) is 19.5 Å². The van der Waals surface area contributed by atoms with Crippen LogP contribution in [0.4, 0.5) is 5.82 Å². The average molecular weight is 328 g/mol. The van der Waals surface area contributed by atoms with Gasteiger partial charge >= 0.3 is 0 Å². The molecule has 1 heterocycles. The Labute approximate surface area is 142 Å². The molecule has 1 aromatic carbocycles. The van der Waals surface area contributed by atoms with Crippen LogP contribution in [0.1, 0.15) is 36.8 Å². The van der Waals surface area contributed by atoms with Crippen LogP contribution in [-0.4, -0.2) is 35.1 Å². The first kappa shape index (κ1) is 17.7. The molecule has 0 atom stereocenters. The van der Waals surface area contributed by atoms with E-state index in [4.69, 9.17) is 4.74 Å². The third-order valence-corrected chi connectivity index (χ3v) is 3.23. The summed E-state index contributed by atoms with van der Waals surface area (Å²) >= 11 is 0. The van der Waals surface area contributed by atoms with E-state index in [0.29, 0.717) is 11.5 Å². The lowest BCUT2D eigenvalue weighted by Crippen LogP contribution is -2.41. The minimum atomic E-state index is -0.299. The van der Waals surface area contributed by atoms with E-state index in [1.807, 2.05) is 39.0 Å². The Morgan fingerprint density at radius 3 is 2.62 bits per heavy atom. The standard InChI is InChI=1S/C18H24N4O2/c1-18(2,3)22-17(23)15-11-21-16(12-20-15)19-9-8-13-6-5-7-14(10-13)24-4/h5-7,10-12H,8-9H2,1-4H3,(H,19,21)(H,22,23). The molecule has 0 fully saturated rings. The molecule has 24 heavy (non-hydrogen) atoms. The van der Waals surface area contributed by atoms with Crippen molar-refractivity contribution in [1.29, 1.82) is 0 Å². The number of anilines is 1. The molecule has 1 amide bonds. The SMILES string of the molecule is COc1cccc(CCNc2cnc(C(=O)NC(C)(C)C)cn2)c1. The first-order chi connectivity index (χ1) is 11.4. The van der Waals surface area contributed by atoms with Crippen molar-refractivity contribution in [2.45, 2.75) is 32.7 Å². The third kappa shape index (κ3) is 5.53. The van der Waals surface area contributed by atoms with Gasteiger partial charge in [0, 0.05) is 12.1 Å². The maximum atomic E-state index is 12.0. The van der Waals surface area contributed by atoms with Crippen LogP contribution in [0.5, 0.6) is 5.75 Å². The van der Waals surface area contributed by atoms with Crippen molar-refractivity contribution in [3.8, 4) is 5.75 Å². The number of benzene rings is 1. The quantitative estimate of drug-likeness (QED) is 0.852. The van der Waals surface area contributed by atoms with Crippen LogP contribution in [0.25, 0.3) is 0 Å². The molecular formula is C18H24N4O2. The fourth-order valence-electron chi connectivity index (χ4n) is 2.10. The van der Waals surface area contributed by atoms with Gasteiger partial charge in [0.1, 0.15) is 17.3 Å². The van der Waals surface area contributed by atoms with Crippen LogP contribution in [0, 0.1) is 0 Å². The molecule has 1 aromatic heterocycles. The number of rotatable bonds is 6. The minimum Gasteiger partial charge on any atom is -0.497 e. The summed E-state index contributed by atoms with van der Waals surface area (Å²) in [5, 5.41) is 6.06. The number of aromatic nitrogens is 2. The van der Waals surface area contributed by atoms with Gasteiger partial charge in [0.25, 0.3) is 5.91 Å². The Hall–Kier alpha value is -2.63. The molecule has 6 heteroatoms. The molecule has 0 aliphatic carbocycles. The largest absolute Gasteiger partial charge is 0.497 e. The number of hydrogen-bond donors (Lipinski definition) is 2. The number of hydrogen-bond acceptors (Lipinski definition) is 5. The number of ether oxygens (including phenoxy) is 1. The highest BCUT2D eigenvalue weighted by Gasteiger charge is 2.16. The second-order valence-corrected chi connectivity index (χ2v) is 6.52. The molecule has 0 aliphatic rings. The summed E-state index contributed by atoms with van der Waals surface area (Å²) in [4.78, 5) is 20.4. The Morgan fingerprint density at radius 2 is 2.00 bits per heavy atom. The smallest absolute Gasteiger partial charge is 0.271 e. The fourth-order valence-corrected chi connectivity index (χ4v) is 2.10. The maximum Gasteiger partial charge on any atom is 0.271 e. The molecular weight excluding hydrogens is 304 g/mol. The van der Waals surface area contributed by atoms with E-state index in [1.54, 1.807) is 13.3 Å². The molecule has 0 saturated heterocycles. The van der Waals surface area contributed by atoms with Crippen LogP contribution in [-0.2, 0) is 6.42 Å². The average Bonchev–Trinajstić information content (AvgIpc) is 2.54. The first-order valence-corrected chi connectivity index (χ1v) is 7.89. The van der Waals surface area contributed by atoms with Crippen LogP contribution < -0.4 is 15.4 Å². The number of nitrogens with zero attached hydrogens (tertiary/aromatic N) is 2. The van der Waals surface area contributed by atoms with Crippen molar-refractivity contribution >= 4 is 11.7 Å². The van der Waals surface area contributed by atoms with Gasteiger partial charge in [0.2, 0.25) is 0 Å². The molecule has 0 bridgehead atoms. The third-order valence-electron chi connectivity index (χ3n) is 3.23.